The predicted octanol–water partition coefficient (Wildman–Crippen LogP) is 4.31. The number of ether oxygens (including phenoxy) is 1. The number of nitrogens with zero attached hydrogens (tertiary/aromatic N) is 3. The van der Waals surface area contributed by atoms with Crippen LogP contribution >= 0.6 is 23.4 Å². The van der Waals surface area contributed by atoms with Gasteiger partial charge in [0.2, 0.25) is 5.91 Å². The number of para-hydroxylation sites is 1. The lowest BCUT2D eigenvalue weighted by atomic mass is 10.2. The van der Waals surface area contributed by atoms with E-state index in [4.69, 9.17) is 16.3 Å². The largest absolute Gasteiger partial charge is 0.496 e. The molecule has 0 aliphatic heterocycles. The van der Waals surface area contributed by atoms with Gasteiger partial charge in [0.25, 0.3) is 0 Å². The van der Waals surface area contributed by atoms with Crippen molar-refractivity contribution in [2.24, 2.45) is 0 Å². The maximum atomic E-state index is 12.2. The average molecular weight is 474 g/mol. The molecular weight excluding hydrogens is 450 g/mol. The lowest BCUT2D eigenvalue weighted by Crippen LogP contribution is -2.40. The lowest BCUT2D eigenvalue weighted by molar-refractivity contribution is -0.117. The number of carbonyl (C=O) groups is 2. The Morgan fingerprint density at radius 3 is 2.59 bits per heavy atom. The number of aromatic nitrogens is 3. The molecule has 32 heavy (non-hydrogen) atoms. The van der Waals surface area contributed by atoms with Gasteiger partial charge in [0.05, 0.1) is 18.4 Å². The maximum Gasteiger partial charge on any atom is 0.321 e. The highest BCUT2D eigenvalue weighted by Crippen LogP contribution is 2.33. The molecule has 0 aliphatic carbocycles. The Morgan fingerprint density at radius 2 is 1.88 bits per heavy atom. The van der Waals surface area contributed by atoms with Crippen LogP contribution in [0.25, 0.3) is 17.1 Å². The molecule has 168 valence electrons. The van der Waals surface area contributed by atoms with E-state index >= 15 is 0 Å². The van der Waals surface area contributed by atoms with E-state index in [1.54, 1.807) is 19.2 Å². The summed E-state index contributed by atoms with van der Waals surface area (Å²) in [6.45, 7) is 2.55. The smallest absolute Gasteiger partial charge is 0.321 e. The normalized spacial score (nSPS) is 10.6. The van der Waals surface area contributed by atoms with Crippen LogP contribution in [0.5, 0.6) is 5.75 Å². The molecule has 3 aromatic rings. The molecule has 0 aliphatic rings. The van der Waals surface area contributed by atoms with Crippen LogP contribution in [0.4, 0.5) is 4.79 Å². The van der Waals surface area contributed by atoms with Crippen molar-refractivity contribution in [3.05, 3.63) is 53.6 Å². The number of carbonyl (C=O) groups excluding carboxylic acids is 2. The summed E-state index contributed by atoms with van der Waals surface area (Å²) in [4.78, 5) is 24.0. The van der Waals surface area contributed by atoms with E-state index in [0.29, 0.717) is 28.3 Å². The zero-order chi connectivity index (χ0) is 22.9. The first-order valence-corrected chi connectivity index (χ1v) is 11.4. The number of imide groups is 1. The average Bonchev–Trinajstić information content (AvgIpc) is 3.22. The topological polar surface area (TPSA) is 98.1 Å². The minimum absolute atomic E-state index is 0.00115. The van der Waals surface area contributed by atoms with Crippen molar-refractivity contribution >= 4 is 35.3 Å². The van der Waals surface area contributed by atoms with Crippen LogP contribution in [-0.4, -0.2) is 46.1 Å². The van der Waals surface area contributed by atoms with Crippen molar-refractivity contribution in [3.8, 4) is 22.8 Å². The van der Waals surface area contributed by atoms with Gasteiger partial charge < -0.3 is 10.1 Å². The number of thioether (sulfide) groups is 1. The van der Waals surface area contributed by atoms with Crippen LogP contribution in [0, 0.1) is 0 Å². The molecule has 0 atom stereocenters. The SMILES string of the molecule is CCCCNC(=O)NC(=O)CSc1nnc(-c2ccccc2OC)n1-c1ccc(Cl)cc1. The maximum absolute atomic E-state index is 12.2. The number of hydrogen-bond acceptors (Lipinski definition) is 6. The van der Waals surface area contributed by atoms with Gasteiger partial charge in [-0.1, -0.05) is 48.8 Å². The minimum Gasteiger partial charge on any atom is -0.496 e. The zero-order valence-corrected chi connectivity index (χ0v) is 19.4. The molecule has 0 bridgehead atoms. The summed E-state index contributed by atoms with van der Waals surface area (Å²) >= 11 is 7.23. The van der Waals surface area contributed by atoms with Crippen molar-refractivity contribution in [3.63, 3.8) is 0 Å². The second kappa shape index (κ2) is 11.5. The Hall–Kier alpha value is -3.04. The molecular formula is C22H24ClN5O3S. The summed E-state index contributed by atoms with van der Waals surface area (Å²) in [5.74, 6) is 0.783. The van der Waals surface area contributed by atoms with Gasteiger partial charge >= 0.3 is 6.03 Å². The fourth-order valence-electron chi connectivity index (χ4n) is 2.91. The second-order valence-corrected chi connectivity index (χ2v) is 8.14. The molecule has 3 rings (SSSR count). The monoisotopic (exact) mass is 473 g/mol. The Morgan fingerprint density at radius 1 is 1.12 bits per heavy atom. The number of nitrogens with one attached hydrogen (secondary N) is 2. The number of amides is 3. The Balaban J connectivity index is 1.83. The Labute approximate surface area is 195 Å². The van der Waals surface area contributed by atoms with E-state index < -0.39 is 11.9 Å². The molecule has 0 saturated heterocycles. The third-order valence-corrected chi connectivity index (χ3v) is 5.65. The number of rotatable bonds is 9. The van der Waals surface area contributed by atoms with Gasteiger partial charge in [-0.25, -0.2) is 4.79 Å². The van der Waals surface area contributed by atoms with E-state index in [2.05, 4.69) is 20.8 Å². The Kier molecular flexibility index (Phi) is 8.52. The van der Waals surface area contributed by atoms with Crippen molar-refractivity contribution in [1.82, 2.24) is 25.4 Å². The van der Waals surface area contributed by atoms with E-state index in [0.717, 1.165) is 24.1 Å². The quantitative estimate of drug-likeness (QED) is 0.355. The second-order valence-electron chi connectivity index (χ2n) is 6.76. The van der Waals surface area contributed by atoms with Gasteiger partial charge in [0, 0.05) is 17.3 Å². The first-order valence-electron chi connectivity index (χ1n) is 10.1. The van der Waals surface area contributed by atoms with Crippen LogP contribution in [0.15, 0.2) is 53.7 Å². The van der Waals surface area contributed by atoms with E-state index in [-0.39, 0.29) is 5.75 Å². The highest BCUT2D eigenvalue weighted by atomic mass is 35.5. The van der Waals surface area contributed by atoms with Crippen molar-refractivity contribution in [2.75, 3.05) is 19.4 Å². The molecule has 1 aromatic heterocycles. The summed E-state index contributed by atoms with van der Waals surface area (Å²) < 4.78 is 7.31. The summed E-state index contributed by atoms with van der Waals surface area (Å²) in [5, 5.41) is 14.7. The van der Waals surface area contributed by atoms with Gasteiger partial charge in [-0.3, -0.25) is 14.7 Å². The molecule has 0 radical (unpaired) electrons. The third kappa shape index (κ3) is 6.02. The molecule has 10 heteroatoms. The first kappa shape index (κ1) is 23.6. The molecule has 3 amide bonds. The number of unbranched alkanes of at least 4 members (excludes halogenated alkanes) is 1. The highest BCUT2D eigenvalue weighted by molar-refractivity contribution is 7.99. The van der Waals surface area contributed by atoms with Gasteiger partial charge in [-0.2, -0.15) is 0 Å². The molecule has 0 unspecified atom stereocenters. The van der Waals surface area contributed by atoms with Crippen LogP contribution < -0.4 is 15.4 Å². The first-order chi connectivity index (χ1) is 15.5. The van der Waals surface area contributed by atoms with Crippen LogP contribution in [0.2, 0.25) is 5.02 Å². The molecule has 0 fully saturated rings. The summed E-state index contributed by atoms with van der Waals surface area (Å²) in [5.41, 5.74) is 1.53. The molecule has 2 N–H and O–H groups in total. The standard InChI is InChI=1S/C22H24ClN5O3S/c1-3-4-13-24-21(30)25-19(29)14-32-22-27-26-20(17-7-5-6-8-18(17)31-2)28(22)16-11-9-15(23)10-12-16/h5-12H,3-4,13-14H2,1-2H3,(H2,24,25,29,30). The van der Waals surface area contributed by atoms with E-state index in [1.165, 1.54) is 11.8 Å². The summed E-state index contributed by atoms with van der Waals surface area (Å²) in [6.07, 6.45) is 1.81. The minimum atomic E-state index is -0.502. The number of hydrogen-bond donors (Lipinski definition) is 2. The zero-order valence-electron chi connectivity index (χ0n) is 17.8. The van der Waals surface area contributed by atoms with Gasteiger partial charge in [-0.15, -0.1) is 10.2 Å². The Bertz CT molecular complexity index is 1070. The van der Waals surface area contributed by atoms with Gasteiger partial charge in [0.1, 0.15) is 5.75 Å². The fraction of sp³-hybridized carbons (Fsp3) is 0.273. The summed E-state index contributed by atoms with van der Waals surface area (Å²) in [7, 11) is 1.59. The molecule has 0 saturated carbocycles. The van der Waals surface area contributed by atoms with Crippen molar-refractivity contribution < 1.29 is 14.3 Å². The van der Waals surface area contributed by atoms with E-state index in [9.17, 15) is 9.59 Å². The number of methoxy groups -OCH3 is 1. The van der Waals surface area contributed by atoms with Crippen molar-refractivity contribution in [1.29, 1.82) is 0 Å². The molecule has 8 nitrogen and oxygen atoms in total. The van der Waals surface area contributed by atoms with Gasteiger partial charge in [0.15, 0.2) is 11.0 Å². The fourth-order valence-corrected chi connectivity index (χ4v) is 3.78. The number of urea groups is 1. The van der Waals surface area contributed by atoms with Crippen LogP contribution in [0.1, 0.15) is 19.8 Å². The summed E-state index contributed by atoms with van der Waals surface area (Å²) in [6, 6.07) is 14.2. The predicted molar refractivity (Wildman–Crippen MR) is 126 cm³/mol. The molecule has 0 spiro atoms. The highest BCUT2D eigenvalue weighted by Gasteiger charge is 2.20. The van der Waals surface area contributed by atoms with Crippen LogP contribution in [-0.2, 0) is 4.79 Å². The van der Waals surface area contributed by atoms with Crippen molar-refractivity contribution in [2.45, 2.75) is 24.9 Å². The lowest BCUT2D eigenvalue weighted by Gasteiger charge is -2.12. The number of halogens is 1. The molecule has 1 heterocycles. The number of benzene rings is 2. The van der Waals surface area contributed by atoms with E-state index in [1.807, 2.05) is 47.9 Å². The van der Waals surface area contributed by atoms with Gasteiger partial charge in [-0.05, 0) is 42.8 Å². The molecule has 2 aromatic carbocycles. The van der Waals surface area contributed by atoms with Crippen LogP contribution in [0.3, 0.4) is 0 Å². The third-order valence-electron chi connectivity index (χ3n) is 4.47.